The third-order valence-corrected chi connectivity index (χ3v) is 6.93. The van der Waals surface area contributed by atoms with Crippen LogP contribution in [0.1, 0.15) is 41.5 Å². The van der Waals surface area contributed by atoms with Gasteiger partial charge in [0.05, 0.1) is 13.2 Å². The van der Waals surface area contributed by atoms with Crippen LogP contribution >= 0.6 is 0 Å². The summed E-state index contributed by atoms with van der Waals surface area (Å²) in [5.41, 5.74) is 6.47. The first-order valence-electron chi connectivity index (χ1n) is 11.3. The molecule has 0 radical (unpaired) electrons. The fourth-order valence-corrected chi connectivity index (χ4v) is 5.36. The lowest BCUT2D eigenvalue weighted by Crippen LogP contribution is -2.29. The lowest BCUT2D eigenvalue weighted by Gasteiger charge is -2.37. The Kier molecular flexibility index (Phi) is 4.72. The second kappa shape index (κ2) is 7.89. The molecule has 4 heteroatoms. The number of carbonyl (C=O) groups is 1. The second-order valence-corrected chi connectivity index (χ2v) is 8.77. The summed E-state index contributed by atoms with van der Waals surface area (Å²) >= 11 is 0. The Morgan fingerprint density at radius 2 is 1.76 bits per heavy atom. The maximum atomic E-state index is 13.7. The van der Waals surface area contributed by atoms with Gasteiger partial charge in [0.15, 0.2) is 5.78 Å². The van der Waals surface area contributed by atoms with Gasteiger partial charge in [-0.15, -0.1) is 0 Å². The van der Waals surface area contributed by atoms with Crippen LogP contribution in [0.25, 0.3) is 16.3 Å². The summed E-state index contributed by atoms with van der Waals surface area (Å²) < 4.78 is 5.33. The molecular formula is C29H24N2O2. The molecular weight excluding hydrogens is 408 g/mol. The molecule has 1 aromatic heterocycles. The van der Waals surface area contributed by atoms with E-state index in [9.17, 15) is 4.79 Å². The third-order valence-electron chi connectivity index (χ3n) is 6.93. The van der Waals surface area contributed by atoms with Crippen molar-refractivity contribution in [3.8, 4) is 5.75 Å². The fraction of sp³-hybridized carbons (Fsp3) is 0.172. The Bertz CT molecular complexity index is 1390. The molecule has 1 aliphatic carbocycles. The molecule has 0 spiro atoms. The third kappa shape index (κ3) is 3.30. The number of pyridine rings is 1. The van der Waals surface area contributed by atoms with Gasteiger partial charge in [-0.2, -0.15) is 0 Å². The van der Waals surface area contributed by atoms with Crippen molar-refractivity contribution in [2.45, 2.75) is 24.8 Å². The number of benzene rings is 3. The van der Waals surface area contributed by atoms with Crippen LogP contribution in [0.5, 0.6) is 5.75 Å². The summed E-state index contributed by atoms with van der Waals surface area (Å²) in [5, 5.41) is 6.04. The van der Waals surface area contributed by atoms with Gasteiger partial charge in [-0.3, -0.25) is 9.78 Å². The van der Waals surface area contributed by atoms with Gasteiger partial charge in [0.1, 0.15) is 5.75 Å². The topological polar surface area (TPSA) is 51.2 Å². The van der Waals surface area contributed by atoms with Crippen LogP contribution in [0.3, 0.4) is 0 Å². The van der Waals surface area contributed by atoms with E-state index in [0.29, 0.717) is 6.42 Å². The summed E-state index contributed by atoms with van der Waals surface area (Å²) in [6.07, 6.45) is 4.96. The Morgan fingerprint density at radius 1 is 0.909 bits per heavy atom. The van der Waals surface area contributed by atoms with Crippen LogP contribution in [-0.4, -0.2) is 17.9 Å². The zero-order chi connectivity index (χ0) is 22.4. The van der Waals surface area contributed by atoms with Crippen molar-refractivity contribution in [3.63, 3.8) is 0 Å². The minimum absolute atomic E-state index is 0.140. The Balaban J connectivity index is 1.54. The van der Waals surface area contributed by atoms with E-state index in [1.807, 2.05) is 30.5 Å². The van der Waals surface area contributed by atoms with E-state index in [0.717, 1.165) is 40.1 Å². The number of ether oxygens (including phenoxy) is 1. The molecule has 2 heterocycles. The largest absolute Gasteiger partial charge is 0.497 e. The van der Waals surface area contributed by atoms with Gasteiger partial charge in [0.25, 0.3) is 0 Å². The second-order valence-electron chi connectivity index (χ2n) is 8.77. The molecule has 3 aromatic carbocycles. The molecule has 2 atom stereocenters. The summed E-state index contributed by atoms with van der Waals surface area (Å²) in [6, 6.07) is 24.6. The van der Waals surface area contributed by atoms with E-state index >= 15 is 0 Å². The average molecular weight is 433 g/mol. The molecule has 4 aromatic rings. The van der Waals surface area contributed by atoms with Crippen molar-refractivity contribution >= 4 is 27.8 Å². The van der Waals surface area contributed by atoms with E-state index in [-0.39, 0.29) is 17.7 Å². The van der Waals surface area contributed by atoms with Crippen LogP contribution in [0.15, 0.2) is 90.8 Å². The molecule has 1 N–H and O–H groups in total. The molecule has 6 rings (SSSR count). The quantitative estimate of drug-likeness (QED) is 0.412. The van der Waals surface area contributed by atoms with Crippen LogP contribution in [-0.2, 0) is 4.79 Å². The normalized spacial score (nSPS) is 19.6. The predicted octanol–water partition coefficient (Wildman–Crippen LogP) is 6.31. The maximum absolute atomic E-state index is 13.7. The van der Waals surface area contributed by atoms with Gasteiger partial charge in [-0.05, 0) is 64.1 Å². The fourth-order valence-electron chi connectivity index (χ4n) is 5.36. The highest BCUT2D eigenvalue weighted by Crippen LogP contribution is 2.50. The number of hydrogen-bond acceptors (Lipinski definition) is 4. The molecule has 162 valence electrons. The van der Waals surface area contributed by atoms with Crippen LogP contribution in [0.2, 0.25) is 0 Å². The zero-order valence-corrected chi connectivity index (χ0v) is 18.4. The number of allylic oxidation sites excluding steroid dienone is 1. The van der Waals surface area contributed by atoms with E-state index in [1.54, 1.807) is 13.3 Å². The Hall–Kier alpha value is -3.92. The molecule has 4 nitrogen and oxygen atoms in total. The van der Waals surface area contributed by atoms with Gasteiger partial charge < -0.3 is 10.1 Å². The van der Waals surface area contributed by atoms with Gasteiger partial charge in [0.2, 0.25) is 0 Å². The number of anilines is 1. The van der Waals surface area contributed by atoms with E-state index in [4.69, 9.17) is 4.74 Å². The van der Waals surface area contributed by atoms with Crippen molar-refractivity contribution in [2.75, 3.05) is 12.4 Å². The minimum atomic E-state index is -0.188. The van der Waals surface area contributed by atoms with Crippen LogP contribution < -0.4 is 10.1 Å². The maximum Gasteiger partial charge on any atom is 0.162 e. The summed E-state index contributed by atoms with van der Waals surface area (Å²) in [6.45, 7) is 0. The lowest BCUT2D eigenvalue weighted by atomic mass is 9.71. The first-order chi connectivity index (χ1) is 16.2. The number of hydrogen-bond donors (Lipinski definition) is 1. The molecule has 0 saturated carbocycles. The number of fused-ring (bicyclic) bond motifs is 4. The number of methoxy groups -OCH3 is 1. The van der Waals surface area contributed by atoms with Gasteiger partial charge >= 0.3 is 0 Å². The van der Waals surface area contributed by atoms with Gasteiger partial charge in [-0.25, -0.2) is 0 Å². The van der Waals surface area contributed by atoms with Gasteiger partial charge in [-0.1, -0.05) is 48.5 Å². The molecule has 0 amide bonds. The van der Waals surface area contributed by atoms with Crippen molar-refractivity contribution < 1.29 is 9.53 Å². The number of ketones is 1. The average Bonchev–Trinajstić information content (AvgIpc) is 2.88. The van der Waals surface area contributed by atoms with Crippen molar-refractivity contribution in [1.29, 1.82) is 0 Å². The summed E-state index contributed by atoms with van der Waals surface area (Å²) in [7, 11) is 1.67. The number of nitrogens with zero attached hydrogens (tertiary/aromatic N) is 1. The molecule has 0 fully saturated rings. The molecule has 33 heavy (non-hydrogen) atoms. The predicted molar refractivity (Wildman–Crippen MR) is 131 cm³/mol. The molecule has 2 unspecified atom stereocenters. The first-order valence-corrected chi connectivity index (χ1v) is 11.3. The number of aromatic nitrogens is 1. The minimum Gasteiger partial charge on any atom is -0.497 e. The zero-order valence-electron chi connectivity index (χ0n) is 18.4. The van der Waals surface area contributed by atoms with E-state index in [1.165, 1.54) is 16.3 Å². The number of nitrogens with one attached hydrogen (secondary N) is 1. The summed E-state index contributed by atoms with van der Waals surface area (Å²) in [4.78, 5) is 18.0. The molecule has 2 aliphatic rings. The Morgan fingerprint density at radius 3 is 2.55 bits per heavy atom. The highest BCUT2D eigenvalue weighted by atomic mass is 16.5. The smallest absolute Gasteiger partial charge is 0.162 e. The first kappa shape index (κ1) is 19.7. The van der Waals surface area contributed by atoms with Crippen molar-refractivity contribution in [2.24, 2.45) is 0 Å². The molecule has 0 saturated heterocycles. The monoisotopic (exact) mass is 432 g/mol. The standard InChI is InChI=1S/C29H24N2O2/c1-33-22-11-8-18(9-12-22)21-15-24-27-23-7-3-2-5-19(23)10-13-25(27)31-29(28(24)26(32)16-21)20-6-4-14-30-17-20/h2-14,17,21,29,31H,15-16H2,1H3. The van der Waals surface area contributed by atoms with E-state index in [2.05, 4.69) is 58.8 Å². The van der Waals surface area contributed by atoms with Crippen LogP contribution in [0.4, 0.5) is 5.69 Å². The molecule has 1 aliphatic heterocycles. The highest BCUT2D eigenvalue weighted by Gasteiger charge is 2.38. The number of Topliss-reactive ketones (excluding diaryl/α,β-unsaturated/α-hetero) is 1. The number of rotatable bonds is 3. The Labute approximate surface area is 192 Å². The van der Waals surface area contributed by atoms with Crippen molar-refractivity contribution in [1.82, 2.24) is 4.98 Å². The lowest BCUT2D eigenvalue weighted by molar-refractivity contribution is -0.116. The van der Waals surface area contributed by atoms with Gasteiger partial charge in [0, 0.05) is 35.6 Å². The molecule has 0 bridgehead atoms. The van der Waals surface area contributed by atoms with E-state index < -0.39 is 0 Å². The van der Waals surface area contributed by atoms with Crippen molar-refractivity contribution in [3.05, 3.63) is 107 Å². The summed E-state index contributed by atoms with van der Waals surface area (Å²) in [5.74, 6) is 1.18. The SMILES string of the molecule is COc1ccc(C2CC(=O)C3=C(C2)c2c(ccc4ccccc24)NC3c2cccnc2)cc1. The van der Waals surface area contributed by atoms with Crippen LogP contribution in [0, 0.1) is 0 Å². The highest BCUT2D eigenvalue weighted by molar-refractivity contribution is 6.13. The number of carbonyl (C=O) groups excluding carboxylic acids is 1.